The summed E-state index contributed by atoms with van der Waals surface area (Å²) in [5, 5.41) is 0. The Bertz CT molecular complexity index is 1170. The van der Waals surface area contributed by atoms with Crippen LogP contribution in [-0.2, 0) is 6.42 Å². The van der Waals surface area contributed by atoms with Crippen LogP contribution in [0.1, 0.15) is 126 Å². The largest absolute Gasteiger partial charge is 0.493 e. The van der Waals surface area contributed by atoms with Gasteiger partial charge in [0.2, 0.25) is 0 Å². The molecule has 0 spiro atoms. The van der Waals surface area contributed by atoms with Crippen LogP contribution >= 0.6 is 0 Å². The zero-order valence-corrected chi connectivity index (χ0v) is 25.7. The molecule has 0 bridgehead atoms. The van der Waals surface area contributed by atoms with Crippen LogP contribution in [0.25, 0.3) is 11.4 Å². The number of benzene rings is 2. The quantitative estimate of drug-likeness (QED) is 0.0717. The van der Waals surface area contributed by atoms with E-state index >= 15 is 0 Å². The van der Waals surface area contributed by atoms with Crippen molar-refractivity contribution in [3.05, 3.63) is 71.8 Å². The van der Waals surface area contributed by atoms with E-state index in [4.69, 9.17) is 9.47 Å². The van der Waals surface area contributed by atoms with Crippen LogP contribution < -0.4 is 9.47 Å². The third-order valence-corrected chi connectivity index (χ3v) is 7.52. The van der Waals surface area contributed by atoms with Crippen molar-refractivity contribution < 1.29 is 18.7 Å². The minimum Gasteiger partial charge on any atom is -0.493 e. The van der Waals surface area contributed by atoms with Gasteiger partial charge in [-0.3, -0.25) is 0 Å². The van der Waals surface area contributed by atoms with Gasteiger partial charge in [-0.2, -0.15) is 0 Å². The summed E-state index contributed by atoms with van der Waals surface area (Å²) in [5.74, 6) is -0.0424. The zero-order chi connectivity index (χ0) is 29.8. The second kappa shape index (κ2) is 19.8. The zero-order valence-electron chi connectivity index (χ0n) is 25.7. The van der Waals surface area contributed by atoms with Crippen LogP contribution in [0.15, 0.2) is 54.9 Å². The van der Waals surface area contributed by atoms with Crippen molar-refractivity contribution in [1.82, 2.24) is 9.97 Å². The first-order valence-electron chi connectivity index (χ1n) is 16.2. The normalized spacial score (nSPS) is 11.0. The van der Waals surface area contributed by atoms with Gasteiger partial charge in [-0.1, -0.05) is 97.3 Å². The average molecular weight is 577 g/mol. The molecule has 0 saturated heterocycles. The molecule has 0 radical (unpaired) electrons. The summed E-state index contributed by atoms with van der Waals surface area (Å²) < 4.78 is 25.8. The molecule has 0 fully saturated rings. The Kier molecular flexibility index (Phi) is 15.6. The van der Waals surface area contributed by atoms with Gasteiger partial charge >= 0.3 is 5.97 Å². The summed E-state index contributed by atoms with van der Waals surface area (Å²) in [7, 11) is 0. The molecule has 0 aliphatic heterocycles. The number of carbonyl (C=O) groups excluding carboxylic acids is 1. The molecule has 5 nitrogen and oxygen atoms in total. The molecule has 1 heterocycles. The topological polar surface area (TPSA) is 61.3 Å². The fraction of sp³-hybridized carbons (Fsp3) is 0.528. The molecular weight excluding hydrogens is 527 g/mol. The maximum atomic E-state index is 14.7. The Hall–Kier alpha value is -3.28. The molecule has 0 atom stereocenters. The maximum Gasteiger partial charge on any atom is 0.346 e. The molecule has 0 aliphatic carbocycles. The number of esters is 1. The Morgan fingerprint density at radius 2 is 1.24 bits per heavy atom. The monoisotopic (exact) mass is 576 g/mol. The number of hydrogen-bond donors (Lipinski definition) is 0. The molecule has 3 rings (SSSR count). The van der Waals surface area contributed by atoms with Crippen LogP contribution in [0, 0.1) is 5.82 Å². The standard InChI is InChI=1S/C36H49FN2O3/c1-3-5-7-9-11-13-15-17-25-41-32-23-24-33(34(37)26-32)36(40)42-31-21-19-30(20-22-31)35-38-27-29(28-39-35)18-16-14-12-10-8-6-4-2/h19-24,26-28H,3-18,25H2,1-2H3. The number of nitrogens with zero attached hydrogens (tertiary/aromatic N) is 2. The SMILES string of the molecule is CCCCCCCCCCOc1ccc(C(=O)Oc2ccc(-c3ncc(CCCCCCCCC)cn3)cc2)c(F)c1. The van der Waals surface area contributed by atoms with E-state index in [1.807, 2.05) is 12.4 Å². The Morgan fingerprint density at radius 1 is 0.690 bits per heavy atom. The lowest BCUT2D eigenvalue weighted by Gasteiger charge is -2.09. The lowest BCUT2D eigenvalue weighted by atomic mass is 10.1. The van der Waals surface area contributed by atoms with Gasteiger partial charge in [0.05, 0.1) is 12.2 Å². The minimum atomic E-state index is -0.749. The van der Waals surface area contributed by atoms with Crippen molar-refractivity contribution in [2.24, 2.45) is 0 Å². The molecule has 0 N–H and O–H groups in total. The molecular formula is C36H49FN2O3. The van der Waals surface area contributed by atoms with E-state index in [0.29, 0.717) is 23.9 Å². The summed E-state index contributed by atoms with van der Waals surface area (Å²) in [5.41, 5.74) is 1.84. The highest BCUT2D eigenvalue weighted by molar-refractivity contribution is 5.91. The van der Waals surface area contributed by atoms with Crippen LogP contribution in [-0.4, -0.2) is 22.5 Å². The number of halogens is 1. The summed E-state index contributed by atoms with van der Waals surface area (Å²) in [6.45, 7) is 5.00. The Labute approximate surface area is 252 Å². The number of rotatable bonds is 21. The second-order valence-electron chi connectivity index (χ2n) is 11.2. The molecule has 0 aliphatic rings. The van der Waals surface area contributed by atoms with Gasteiger partial charge in [-0.25, -0.2) is 19.2 Å². The van der Waals surface area contributed by atoms with E-state index < -0.39 is 11.8 Å². The van der Waals surface area contributed by atoms with Crippen molar-refractivity contribution in [2.75, 3.05) is 6.61 Å². The Balaban J connectivity index is 1.39. The molecule has 42 heavy (non-hydrogen) atoms. The molecule has 2 aromatic carbocycles. The highest BCUT2D eigenvalue weighted by Gasteiger charge is 2.15. The Morgan fingerprint density at radius 3 is 1.83 bits per heavy atom. The molecule has 0 saturated carbocycles. The predicted octanol–water partition coefficient (Wildman–Crippen LogP) is 10.3. The lowest BCUT2D eigenvalue weighted by molar-refractivity contribution is 0.0730. The number of carbonyl (C=O) groups is 1. The van der Waals surface area contributed by atoms with Gasteiger partial charge in [-0.05, 0) is 61.2 Å². The van der Waals surface area contributed by atoms with Crippen molar-refractivity contribution in [2.45, 2.75) is 117 Å². The summed E-state index contributed by atoms with van der Waals surface area (Å²) in [6, 6.07) is 11.2. The molecule has 228 valence electrons. The van der Waals surface area contributed by atoms with Crippen molar-refractivity contribution in [3.63, 3.8) is 0 Å². The van der Waals surface area contributed by atoms with Gasteiger partial charge in [0.15, 0.2) is 5.82 Å². The lowest BCUT2D eigenvalue weighted by Crippen LogP contribution is -2.11. The van der Waals surface area contributed by atoms with Gasteiger partial charge in [-0.15, -0.1) is 0 Å². The van der Waals surface area contributed by atoms with Crippen LogP contribution in [0.3, 0.4) is 0 Å². The van der Waals surface area contributed by atoms with Crippen LogP contribution in [0.2, 0.25) is 0 Å². The van der Waals surface area contributed by atoms with Crippen molar-refractivity contribution in [3.8, 4) is 22.9 Å². The average Bonchev–Trinajstić information content (AvgIpc) is 3.00. The first-order chi connectivity index (χ1) is 20.6. The first kappa shape index (κ1) is 33.2. The number of aromatic nitrogens is 2. The first-order valence-corrected chi connectivity index (χ1v) is 16.2. The maximum absolute atomic E-state index is 14.7. The van der Waals surface area contributed by atoms with E-state index in [1.54, 1.807) is 30.3 Å². The van der Waals surface area contributed by atoms with Gasteiger partial charge in [0, 0.05) is 24.0 Å². The summed E-state index contributed by atoms with van der Waals surface area (Å²) >= 11 is 0. The highest BCUT2D eigenvalue weighted by atomic mass is 19.1. The molecule has 3 aromatic rings. The number of ether oxygens (including phenoxy) is 2. The predicted molar refractivity (Wildman–Crippen MR) is 169 cm³/mol. The van der Waals surface area contributed by atoms with Crippen molar-refractivity contribution >= 4 is 5.97 Å². The van der Waals surface area contributed by atoms with E-state index in [0.717, 1.165) is 36.8 Å². The van der Waals surface area contributed by atoms with Crippen LogP contribution in [0.5, 0.6) is 11.5 Å². The molecule has 0 amide bonds. The van der Waals surface area contributed by atoms with Gasteiger partial charge in [0.1, 0.15) is 17.3 Å². The van der Waals surface area contributed by atoms with Crippen LogP contribution in [0.4, 0.5) is 4.39 Å². The second-order valence-corrected chi connectivity index (χ2v) is 11.2. The van der Waals surface area contributed by atoms with Gasteiger partial charge in [0.25, 0.3) is 0 Å². The van der Waals surface area contributed by atoms with E-state index in [1.165, 1.54) is 89.2 Å². The molecule has 1 aromatic heterocycles. The fourth-order valence-electron chi connectivity index (χ4n) is 4.93. The van der Waals surface area contributed by atoms with Crippen molar-refractivity contribution in [1.29, 1.82) is 0 Å². The number of unbranched alkanes of at least 4 members (excludes halogenated alkanes) is 13. The third kappa shape index (κ3) is 12.3. The smallest absolute Gasteiger partial charge is 0.346 e. The highest BCUT2D eigenvalue weighted by Crippen LogP contribution is 2.23. The minimum absolute atomic E-state index is 0.126. The van der Waals surface area contributed by atoms with E-state index in [9.17, 15) is 9.18 Å². The number of hydrogen-bond acceptors (Lipinski definition) is 5. The molecule has 0 unspecified atom stereocenters. The fourth-order valence-corrected chi connectivity index (χ4v) is 4.93. The number of aryl methyl sites for hydroxylation is 1. The van der Waals surface area contributed by atoms with Gasteiger partial charge < -0.3 is 9.47 Å². The summed E-state index contributed by atoms with van der Waals surface area (Å²) in [4.78, 5) is 21.6. The molecule has 6 heteroatoms. The summed E-state index contributed by atoms with van der Waals surface area (Å²) in [6.07, 6.45) is 23.4. The van der Waals surface area contributed by atoms with E-state index in [-0.39, 0.29) is 5.56 Å². The third-order valence-electron chi connectivity index (χ3n) is 7.52. The van der Waals surface area contributed by atoms with E-state index in [2.05, 4.69) is 23.8 Å².